The maximum absolute atomic E-state index is 13.9. The quantitative estimate of drug-likeness (QED) is 0.811. The number of amides is 3. The average molecular weight is 377 g/mol. The van der Waals surface area contributed by atoms with Crippen LogP contribution >= 0.6 is 0 Å². The van der Waals surface area contributed by atoms with E-state index in [2.05, 4.69) is 11.9 Å². The first-order valence-electron chi connectivity index (χ1n) is 8.86. The molecule has 6 nitrogen and oxygen atoms in total. The van der Waals surface area contributed by atoms with Crippen molar-refractivity contribution in [3.8, 4) is 0 Å². The summed E-state index contributed by atoms with van der Waals surface area (Å²) in [6, 6.07) is 2.87. The van der Waals surface area contributed by atoms with Gasteiger partial charge < -0.3 is 15.1 Å². The number of nitrogens with one attached hydrogen (secondary N) is 1. The van der Waals surface area contributed by atoms with Gasteiger partial charge in [0.2, 0.25) is 17.7 Å². The molecule has 8 heteroatoms. The summed E-state index contributed by atoms with van der Waals surface area (Å²) in [5, 5.41) is 2.79. The van der Waals surface area contributed by atoms with Gasteiger partial charge in [-0.05, 0) is 31.1 Å². The van der Waals surface area contributed by atoms with Crippen LogP contribution in [-0.4, -0.2) is 48.3 Å². The molecule has 0 bridgehead atoms. The SMILES string of the molecule is C=CC(=O)N1CCCC(C(=O)NC2CC(=O)N(c3c(F)cccc3F)C2)C1. The van der Waals surface area contributed by atoms with Gasteiger partial charge in [-0.25, -0.2) is 8.78 Å². The number of anilines is 1. The van der Waals surface area contributed by atoms with Gasteiger partial charge in [-0.15, -0.1) is 0 Å². The van der Waals surface area contributed by atoms with Gasteiger partial charge in [-0.3, -0.25) is 14.4 Å². The van der Waals surface area contributed by atoms with Crippen LogP contribution in [0.25, 0.3) is 0 Å². The third-order valence-electron chi connectivity index (χ3n) is 4.96. The van der Waals surface area contributed by atoms with Crippen molar-refractivity contribution in [1.82, 2.24) is 10.2 Å². The van der Waals surface area contributed by atoms with Gasteiger partial charge in [0.25, 0.3) is 0 Å². The van der Waals surface area contributed by atoms with Crippen LogP contribution in [-0.2, 0) is 14.4 Å². The van der Waals surface area contributed by atoms with Gasteiger partial charge >= 0.3 is 0 Å². The molecule has 27 heavy (non-hydrogen) atoms. The van der Waals surface area contributed by atoms with Crippen molar-refractivity contribution in [3.63, 3.8) is 0 Å². The van der Waals surface area contributed by atoms with Gasteiger partial charge in [0.1, 0.15) is 17.3 Å². The fourth-order valence-corrected chi connectivity index (χ4v) is 3.61. The van der Waals surface area contributed by atoms with Crippen molar-refractivity contribution < 1.29 is 23.2 Å². The molecule has 3 amide bonds. The van der Waals surface area contributed by atoms with Crippen LogP contribution in [0.2, 0.25) is 0 Å². The Labute approximate surface area is 155 Å². The third-order valence-corrected chi connectivity index (χ3v) is 4.96. The molecule has 1 N–H and O–H groups in total. The lowest BCUT2D eigenvalue weighted by Gasteiger charge is -2.31. The molecule has 144 valence electrons. The van der Waals surface area contributed by atoms with Gasteiger partial charge in [0, 0.05) is 26.1 Å². The molecule has 1 aromatic rings. The predicted molar refractivity (Wildman–Crippen MR) is 94.8 cm³/mol. The molecule has 0 saturated carbocycles. The normalized spacial score (nSPS) is 22.7. The lowest BCUT2D eigenvalue weighted by Crippen LogP contribution is -2.47. The molecule has 3 rings (SSSR count). The number of benzene rings is 1. The first-order chi connectivity index (χ1) is 12.9. The minimum atomic E-state index is -0.818. The first kappa shape index (κ1) is 19.0. The minimum Gasteiger partial charge on any atom is -0.351 e. The molecular formula is C19H21F2N3O3. The number of rotatable bonds is 4. The van der Waals surface area contributed by atoms with Crippen molar-refractivity contribution in [3.05, 3.63) is 42.5 Å². The van der Waals surface area contributed by atoms with Crippen molar-refractivity contribution in [2.75, 3.05) is 24.5 Å². The summed E-state index contributed by atoms with van der Waals surface area (Å²) in [6.45, 7) is 4.33. The summed E-state index contributed by atoms with van der Waals surface area (Å²) in [7, 11) is 0. The van der Waals surface area contributed by atoms with E-state index in [1.807, 2.05) is 0 Å². The average Bonchev–Trinajstić information content (AvgIpc) is 3.00. The summed E-state index contributed by atoms with van der Waals surface area (Å²) >= 11 is 0. The second-order valence-corrected chi connectivity index (χ2v) is 6.81. The first-order valence-corrected chi connectivity index (χ1v) is 8.86. The fraction of sp³-hybridized carbons (Fsp3) is 0.421. The number of carbonyl (C=O) groups excluding carboxylic acids is 3. The highest BCUT2D eigenvalue weighted by Crippen LogP contribution is 2.28. The molecule has 0 aromatic heterocycles. The number of hydrogen-bond acceptors (Lipinski definition) is 3. The summed E-state index contributed by atoms with van der Waals surface area (Å²) in [6.07, 6.45) is 2.53. The maximum Gasteiger partial charge on any atom is 0.245 e. The number of para-hydroxylation sites is 1. The van der Waals surface area contributed by atoms with Gasteiger partial charge in [-0.2, -0.15) is 0 Å². The molecule has 0 spiro atoms. The van der Waals surface area contributed by atoms with E-state index in [9.17, 15) is 23.2 Å². The molecule has 0 aliphatic carbocycles. The lowest BCUT2D eigenvalue weighted by atomic mass is 9.96. The van der Waals surface area contributed by atoms with Crippen LogP contribution in [0, 0.1) is 17.6 Å². The molecule has 2 aliphatic rings. The van der Waals surface area contributed by atoms with E-state index in [0.29, 0.717) is 25.9 Å². The Bertz CT molecular complexity index is 763. The number of nitrogens with zero attached hydrogens (tertiary/aromatic N) is 2. The molecule has 0 radical (unpaired) electrons. The zero-order valence-corrected chi connectivity index (χ0v) is 14.8. The van der Waals surface area contributed by atoms with Crippen LogP contribution in [0.3, 0.4) is 0 Å². The Morgan fingerprint density at radius 2 is 1.93 bits per heavy atom. The van der Waals surface area contributed by atoms with Gasteiger partial charge in [0.05, 0.1) is 12.0 Å². The van der Waals surface area contributed by atoms with Crippen LogP contribution in [0.5, 0.6) is 0 Å². The Hall–Kier alpha value is -2.77. The Balaban J connectivity index is 1.63. The van der Waals surface area contributed by atoms with Crippen LogP contribution in [0.4, 0.5) is 14.5 Å². The smallest absolute Gasteiger partial charge is 0.245 e. The fourth-order valence-electron chi connectivity index (χ4n) is 3.61. The lowest BCUT2D eigenvalue weighted by molar-refractivity contribution is -0.132. The highest BCUT2D eigenvalue weighted by Gasteiger charge is 2.36. The molecule has 2 aliphatic heterocycles. The van der Waals surface area contributed by atoms with Crippen molar-refractivity contribution >= 4 is 23.4 Å². The van der Waals surface area contributed by atoms with Crippen LogP contribution in [0.15, 0.2) is 30.9 Å². The molecule has 1 aromatic carbocycles. The second-order valence-electron chi connectivity index (χ2n) is 6.81. The van der Waals surface area contributed by atoms with Crippen molar-refractivity contribution in [1.29, 1.82) is 0 Å². The minimum absolute atomic E-state index is 0.00441. The van der Waals surface area contributed by atoms with E-state index in [-0.39, 0.29) is 36.4 Å². The Kier molecular flexibility index (Phi) is 5.53. The van der Waals surface area contributed by atoms with E-state index in [4.69, 9.17) is 0 Å². The topological polar surface area (TPSA) is 69.7 Å². The van der Waals surface area contributed by atoms with Crippen LogP contribution < -0.4 is 10.2 Å². The molecule has 2 heterocycles. The summed E-state index contributed by atoms with van der Waals surface area (Å²) in [5.74, 6) is -2.94. The van der Waals surface area contributed by atoms with E-state index < -0.39 is 23.6 Å². The van der Waals surface area contributed by atoms with Crippen molar-refractivity contribution in [2.24, 2.45) is 5.92 Å². The maximum atomic E-state index is 13.9. The van der Waals surface area contributed by atoms with E-state index in [1.54, 1.807) is 4.90 Å². The number of likely N-dealkylation sites (tertiary alicyclic amines) is 1. The molecule has 2 atom stereocenters. The molecule has 2 unspecified atom stereocenters. The zero-order chi connectivity index (χ0) is 19.6. The zero-order valence-electron chi connectivity index (χ0n) is 14.8. The van der Waals surface area contributed by atoms with E-state index >= 15 is 0 Å². The van der Waals surface area contributed by atoms with Crippen LogP contribution in [0.1, 0.15) is 19.3 Å². The number of piperidine rings is 1. The standard InChI is InChI=1S/C19H21F2N3O3/c1-2-16(25)23-8-4-5-12(10-23)19(27)22-13-9-17(26)24(11-13)18-14(20)6-3-7-15(18)21/h2-3,6-7,12-13H,1,4-5,8-11H2,(H,22,27). The van der Waals surface area contributed by atoms with E-state index in [0.717, 1.165) is 17.0 Å². The summed E-state index contributed by atoms with van der Waals surface area (Å²) in [5.41, 5.74) is -0.389. The highest BCUT2D eigenvalue weighted by molar-refractivity contribution is 5.97. The second kappa shape index (κ2) is 7.85. The summed E-state index contributed by atoms with van der Waals surface area (Å²) < 4.78 is 27.9. The number of hydrogen-bond donors (Lipinski definition) is 1. The van der Waals surface area contributed by atoms with Gasteiger partial charge in [-0.1, -0.05) is 12.6 Å². The molecule has 2 fully saturated rings. The van der Waals surface area contributed by atoms with Crippen molar-refractivity contribution in [2.45, 2.75) is 25.3 Å². The Morgan fingerprint density at radius 1 is 1.22 bits per heavy atom. The van der Waals surface area contributed by atoms with Gasteiger partial charge in [0.15, 0.2) is 0 Å². The number of halogens is 2. The largest absolute Gasteiger partial charge is 0.351 e. The number of carbonyl (C=O) groups is 3. The molecule has 2 saturated heterocycles. The molecular weight excluding hydrogens is 356 g/mol. The van der Waals surface area contributed by atoms with E-state index in [1.165, 1.54) is 12.1 Å². The third kappa shape index (κ3) is 3.99. The highest BCUT2D eigenvalue weighted by atomic mass is 19.1. The predicted octanol–water partition coefficient (Wildman–Crippen LogP) is 1.61. The summed E-state index contributed by atoms with van der Waals surface area (Å²) in [4.78, 5) is 39.1. The Morgan fingerprint density at radius 3 is 2.59 bits per heavy atom. The monoisotopic (exact) mass is 377 g/mol.